The minimum Gasteiger partial charge on any atom is -0.480 e. The molecule has 0 saturated carbocycles. The van der Waals surface area contributed by atoms with Gasteiger partial charge in [-0.2, -0.15) is 0 Å². The first kappa shape index (κ1) is 25.2. The summed E-state index contributed by atoms with van der Waals surface area (Å²) >= 11 is 3.99. The fraction of sp³-hybridized carbons (Fsp3) is 0.160. The number of hydrogen-bond acceptors (Lipinski definition) is 9. The van der Waals surface area contributed by atoms with Gasteiger partial charge in [-0.1, -0.05) is 36.0 Å². The van der Waals surface area contributed by atoms with Gasteiger partial charge < -0.3 is 10.4 Å². The minimum atomic E-state index is -0.939. The maximum absolute atomic E-state index is 12.7. The summed E-state index contributed by atoms with van der Waals surface area (Å²) in [6, 6.07) is 17.0. The number of carbonyl (C=O) groups is 2. The van der Waals surface area contributed by atoms with Crippen molar-refractivity contribution < 1.29 is 19.6 Å². The average molecular weight is 553 g/mol. The Labute approximate surface area is 223 Å². The predicted molar refractivity (Wildman–Crippen MR) is 146 cm³/mol. The Kier molecular flexibility index (Phi) is 7.15. The number of aliphatic carboxylic acids is 1. The second-order valence-electron chi connectivity index (χ2n) is 8.29. The Bertz CT molecular complexity index is 1540. The summed E-state index contributed by atoms with van der Waals surface area (Å²) in [5, 5.41) is 26.6. The lowest BCUT2D eigenvalue weighted by Gasteiger charge is -2.12. The number of carboxylic acid groups (broad SMARTS) is 1. The molecule has 0 aliphatic carbocycles. The molecule has 0 radical (unpaired) electrons. The lowest BCUT2D eigenvalue weighted by atomic mass is 10.1. The number of aryl methyl sites for hydroxylation is 1. The van der Waals surface area contributed by atoms with E-state index in [1.54, 1.807) is 24.3 Å². The molecular weight excluding hydrogens is 532 g/mol. The molecule has 5 rings (SSSR count). The third kappa shape index (κ3) is 5.47. The first-order valence-electron chi connectivity index (χ1n) is 11.1. The van der Waals surface area contributed by atoms with E-state index in [9.17, 15) is 24.8 Å². The third-order valence-corrected chi connectivity index (χ3v) is 9.19. The van der Waals surface area contributed by atoms with Crippen molar-refractivity contribution in [2.45, 2.75) is 27.6 Å². The highest BCUT2D eigenvalue weighted by Gasteiger charge is 2.31. The molecule has 1 aliphatic heterocycles. The van der Waals surface area contributed by atoms with E-state index in [0.29, 0.717) is 31.8 Å². The number of aromatic nitrogens is 1. The molecular formula is C25H20N4O5S3. The summed E-state index contributed by atoms with van der Waals surface area (Å²) in [5.74, 6) is -0.745. The van der Waals surface area contributed by atoms with E-state index in [0.717, 1.165) is 15.8 Å². The third-order valence-electron chi connectivity index (χ3n) is 5.78. The van der Waals surface area contributed by atoms with Gasteiger partial charge in [-0.3, -0.25) is 25.0 Å². The summed E-state index contributed by atoms with van der Waals surface area (Å²) < 4.78 is 1.48. The molecule has 1 amide bonds. The monoisotopic (exact) mass is 552 g/mol. The number of amides is 1. The number of hydrogen-bond donors (Lipinski definition) is 3. The Morgan fingerprint density at radius 2 is 2.00 bits per heavy atom. The number of nitro benzene ring substituents is 1. The summed E-state index contributed by atoms with van der Waals surface area (Å²) in [6.07, 6.45) is 0. The van der Waals surface area contributed by atoms with Crippen LogP contribution in [0.5, 0.6) is 0 Å². The van der Waals surface area contributed by atoms with Gasteiger partial charge in [0, 0.05) is 23.1 Å². The lowest BCUT2D eigenvalue weighted by Crippen LogP contribution is -2.33. The Morgan fingerprint density at radius 3 is 2.73 bits per heavy atom. The fourth-order valence-corrected chi connectivity index (χ4v) is 7.25. The molecule has 3 aromatic carbocycles. The van der Waals surface area contributed by atoms with Crippen molar-refractivity contribution in [3.8, 4) is 0 Å². The smallest absolute Gasteiger partial charge is 0.321 e. The van der Waals surface area contributed by atoms with Crippen LogP contribution in [0.2, 0.25) is 0 Å². The molecule has 2 atom stereocenters. The van der Waals surface area contributed by atoms with E-state index in [-0.39, 0.29) is 17.0 Å². The van der Waals surface area contributed by atoms with Gasteiger partial charge in [0.2, 0.25) is 0 Å². The van der Waals surface area contributed by atoms with Gasteiger partial charge in [-0.05, 0) is 48.4 Å². The molecule has 37 heavy (non-hydrogen) atoms. The van der Waals surface area contributed by atoms with Crippen molar-refractivity contribution in [1.29, 1.82) is 0 Å². The Hall–Kier alpha value is -3.45. The van der Waals surface area contributed by atoms with Crippen LogP contribution in [0.15, 0.2) is 69.9 Å². The number of nitro groups is 1. The number of carboxylic acids is 1. The Balaban J connectivity index is 1.35. The molecule has 0 unspecified atom stereocenters. The summed E-state index contributed by atoms with van der Waals surface area (Å²) in [6.45, 7) is 1.88. The summed E-state index contributed by atoms with van der Waals surface area (Å²) in [4.78, 5) is 40.3. The van der Waals surface area contributed by atoms with Gasteiger partial charge in [0.1, 0.15) is 6.04 Å². The van der Waals surface area contributed by atoms with Gasteiger partial charge in [0.05, 0.1) is 25.4 Å². The van der Waals surface area contributed by atoms with Crippen LogP contribution in [-0.4, -0.2) is 38.7 Å². The normalized spacial score (nSPS) is 17.1. The molecule has 0 bridgehead atoms. The molecule has 4 aromatic rings. The largest absolute Gasteiger partial charge is 0.480 e. The van der Waals surface area contributed by atoms with Crippen LogP contribution < -0.4 is 10.6 Å². The zero-order valence-corrected chi connectivity index (χ0v) is 21.8. The average Bonchev–Trinajstić information content (AvgIpc) is 3.51. The van der Waals surface area contributed by atoms with Crippen molar-refractivity contribution in [2.24, 2.45) is 0 Å². The number of thioether (sulfide) groups is 1. The molecule has 3 N–H and O–H groups in total. The van der Waals surface area contributed by atoms with Crippen LogP contribution in [0.4, 0.5) is 11.4 Å². The SMILES string of the molecule is Cc1ccccc1C(=O)Nc1ccc2nc(Sc3ccc([C@H]4N[C@H](C(=O)O)CS4)cc3[N+](=O)[O-])sc2c1. The lowest BCUT2D eigenvalue weighted by molar-refractivity contribution is -0.387. The van der Waals surface area contributed by atoms with E-state index in [4.69, 9.17) is 0 Å². The number of nitrogens with zero attached hydrogens (tertiary/aromatic N) is 2. The maximum atomic E-state index is 12.7. The molecule has 188 valence electrons. The predicted octanol–water partition coefficient (Wildman–Crippen LogP) is 5.70. The minimum absolute atomic E-state index is 0.0610. The summed E-state index contributed by atoms with van der Waals surface area (Å²) in [5.41, 5.74) is 3.44. The van der Waals surface area contributed by atoms with Crippen LogP contribution in [-0.2, 0) is 4.79 Å². The molecule has 1 aliphatic rings. The first-order valence-corrected chi connectivity index (χ1v) is 13.8. The Morgan fingerprint density at radius 1 is 1.19 bits per heavy atom. The zero-order valence-electron chi connectivity index (χ0n) is 19.3. The maximum Gasteiger partial charge on any atom is 0.321 e. The van der Waals surface area contributed by atoms with Crippen molar-refractivity contribution in [1.82, 2.24) is 10.3 Å². The summed E-state index contributed by atoms with van der Waals surface area (Å²) in [7, 11) is 0. The topological polar surface area (TPSA) is 134 Å². The van der Waals surface area contributed by atoms with Crippen molar-refractivity contribution >= 4 is 68.3 Å². The number of anilines is 1. The van der Waals surface area contributed by atoms with Gasteiger partial charge >= 0.3 is 5.97 Å². The molecule has 1 fully saturated rings. The number of carbonyl (C=O) groups excluding carboxylic acids is 1. The van der Waals surface area contributed by atoms with E-state index in [1.807, 2.05) is 37.3 Å². The van der Waals surface area contributed by atoms with Crippen LogP contribution in [0.1, 0.15) is 26.9 Å². The molecule has 1 aromatic heterocycles. The fourth-order valence-electron chi connectivity index (χ4n) is 3.88. The second kappa shape index (κ2) is 10.5. The van der Waals surface area contributed by atoms with Gasteiger partial charge in [-0.15, -0.1) is 23.1 Å². The molecule has 2 heterocycles. The highest BCUT2D eigenvalue weighted by Crippen LogP contribution is 2.42. The number of rotatable bonds is 7. The molecule has 9 nitrogen and oxygen atoms in total. The van der Waals surface area contributed by atoms with Crippen molar-refractivity contribution in [3.63, 3.8) is 0 Å². The van der Waals surface area contributed by atoms with Crippen molar-refractivity contribution in [2.75, 3.05) is 11.1 Å². The van der Waals surface area contributed by atoms with E-state index in [2.05, 4.69) is 15.6 Å². The molecule has 12 heteroatoms. The number of benzene rings is 3. The van der Waals surface area contributed by atoms with Crippen LogP contribution in [0.3, 0.4) is 0 Å². The first-order chi connectivity index (χ1) is 17.8. The number of thiazole rings is 1. The van der Waals surface area contributed by atoms with Crippen molar-refractivity contribution in [3.05, 3.63) is 87.5 Å². The van der Waals surface area contributed by atoms with Gasteiger partial charge in [0.15, 0.2) is 4.34 Å². The van der Waals surface area contributed by atoms with E-state index >= 15 is 0 Å². The number of fused-ring (bicyclic) bond motifs is 1. The second-order valence-corrected chi connectivity index (χ2v) is 11.7. The van der Waals surface area contributed by atoms with Crippen LogP contribution in [0, 0.1) is 17.0 Å². The standard InChI is InChI=1S/C25H20N4O5S3/c1-13-4-2-3-5-16(13)22(30)26-15-7-8-17-21(11-15)37-25(28-17)36-20-9-6-14(10-19(20)29(33)34)23-27-18(12-35-23)24(31)32/h2-11,18,23,27H,12H2,1H3,(H,26,30)(H,31,32)/t18-,23-/m0/s1. The quantitative estimate of drug-likeness (QED) is 0.195. The van der Waals surface area contributed by atoms with E-state index < -0.39 is 16.9 Å². The zero-order chi connectivity index (χ0) is 26.1. The number of nitrogens with one attached hydrogen (secondary N) is 2. The van der Waals surface area contributed by atoms with E-state index in [1.165, 1.54) is 40.9 Å². The highest BCUT2D eigenvalue weighted by molar-refractivity contribution is 8.01. The van der Waals surface area contributed by atoms with Crippen LogP contribution >= 0.6 is 34.9 Å². The van der Waals surface area contributed by atoms with Gasteiger partial charge in [0.25, 0.3) is 11.6 Å². The van der Waals surface area contributed by atoms with Gasteiger partial charge in [-0.25, -0.2) is 4.98 Å². The molecule has 0 spiro atoms. The highest BCUT2D eigenvalue weighted by atomic mass is 32.2. The molecule has 1 saturated heterocycles. The van der Waals surface area contributed by atoms with Crippen LogP contribution in [0.25, 0.3) is 10.2 Å².